The van der Waals surface area contributed by atoms with Crippen LogP contribution in [0.4, 0.5) is 11.4 Å². The van der Waals surface area contributed by atoms with Crippen LogP contribution in [0.2, 0.25) is 5.02 Å². The number of hydrogen-bond donors (Lipinski definition) is 2. The molecule has 21 heavy (non-hydrogen) atoms. The summed E-state index contributed by atoms with van der Waals surface area (Å²) >= 11 is 6.03. The van der Waals surface area contributed by atoms with Crippen LogP contribution in [0.25, 0.3) is 0 Å². The summed E-state index contributed by atoms with van der Waals surface area (Å²) in [7, 11) is 0. The standard InChI is InChI=1S/C15H18ClN3O2/c1-2-19(9-12-4-3-7-21-12)10-15(20)18-14-8-11(17)5-6-13(14)16/h3-8H,2,9-10,17H2,1H3,(H,18,20). The molecule has 6 heteroatoms. The predicted octanol–water partition coefficient (Wildman–Crippen LogP) is 2.98. The molecule has 0 saturated heterocycles. The van der Waals surface area contributed by atoms with Crippen LogP contribution in [0.15, 0.2) is 41.0 Å². The molecule has 1 amide bonds. The number of carbonyl (C=O) groups is 1. The molecule has 0 aliphatic heterocycles. The second-order valence-corrected chi connectivity index (χ2v) is 5.08. The fourth-order valence-electron chi connectivity index (χ4n) is 1.93. The van der Waals surface area contributed by atoms with E-state index in [4.69, 9.17) is 21.8 Å². The topological polar surface area (TPSA) is 71.5 Å². The van der Waals surface area contributed by atoms with Gasteiger partial charge in [-0.15, -0.1) is 0 Å². The Morgan fingerprint density at radius 1 is 1.43 bits per heavy atom. The van der Waals surface area contributed by atoms with Crippen molar-refractivity contribution in [1.82, 2.24) is 4.90 Å². The molecule has 0 saturated carbocycles. The van der Waals surface area contributed by atoms with Crippen LogP contribution in [0.5, 0.6) is 0 Å². The second-order valence-electron chi connectivity index (χ2n) is 4.67. The van der Waals surface area contributed by atoms with Gasteiger partial charge in [0, 0.05) is 5.69 Å². The van der Waals surface area contributed by atoms with Gasteiger partial charge in [0.1, 0.15) is 5.76 Å². The third-order valence-electron chi connectivity index (χ3n) is 3.04. The molecule has 1 heterocycles. The molecule has 112 valence electrons. The Labute approximate surface area is 128 Å². The maximum atomic E-state index is 12.1. The molecule has 2 aromatic rings. The summed E-state index contributed by atoms with van der Waals surface area (Å²) in [6.45, 7) is 3.56. The lowest BCUT2D eigenvalue weighted by molar-refractivity contribution is -0.117. The molecule has 1 aromatic carbocycles. The van der Waals surface area contributed by atoms with E-state index in [0.29, 0.717) is 22.9 Å². The first kappa shape index (κ1) is 15.4. The first-order valence-electron chi connectivity index (χ1n) is 6.68. The van der Waals surface area contributed by atoms with E-state index < -0.39 is 0 Å². The number of carbonyl (C=O) groups excluding carboxylic acids is 1. The van der Waals surface area contributed by atoms with Gasteiger partial charge >= 0.3 is 0 Å². The number of amides is 1. The maximum Gasteiger partial charge on any atom is 0.238 e. The molecule has 0 aliphatic carbocycles. The molecule has 0 atom stereocenters. The van der Waals surface area contributed by atoms with E-state index in [2.05, 4.69) is 5.32 Å². The number of hydrogen-bond acceptors (Lipinski definition) is 4. The SMILES string of the molecule is CCN(CC(=O)Nc1cc(N)ccc1Cl)Cc1ccco1. The van der Waals surface area contributed by atoms with Gasteiger partial charge < -0.3 is 15.5 Å². The van der Waals surface area contributed by atoms with Crippen molar-refractivity contribution >= 4 is 28.9 Å². The highest BCUT2D eigenvalue weighted by Gasteiger charge is 2.12. The van der Waals surface area contributed by atoms with Crippen LogP contribution in [0.3, 0.4) is 0 Å². The quantitative estimate of drug-likeness (QED) is 0.805. The van der Waals surface area contributed by atoms with Crippen LogP contribution in [0, 0.1) is 0 Å². The Bertz CT molecular complexity index is 599. The zero-order chi connectivity index (χ0) is 15.2. The first-order valence-corrected chi connectivity index (χ1v) is 7.06. The normalized spacial score (nSPS) is 10.8. The highest BCUT2D eigenvalue weighted by molar-refractivity contribution is 6.33. The van der Waals surface area contributed by atoms with Crippen LogP contribution < -0.4 is 11.1 Å². The van der Waals surface area contributed by atoms with Crippen LogP contribution in [0.1, 0.15) is 12.7 Å². The molecule has 0 spiro atoms. The fraction of sp³-hybridized carbons (Fsp3) is 0.267. The lowest BCUT2D eigenvalue weighted by atomic mass is 10.2. The summed E-state index contributed by atoms with van der Waals surface area (Å²) in [5.41, 5.74) is 6.77. The highest BCUT2D eigenvalue weighted by Crippen LogP contribution is 2.24. The molecule has 0 unspecified atom stereocenters. The van der Waals surface area contributed by atoms with Gasteiger partial charge in [-0.1, -0.05) is 18.5 Å². The molecule has 5 nitrogen and oxygen atoms in total. The molecule has 1 aromatic heterocycles. The number of nitrogen functional groups attached to an aromatic ring is 1. The van der Waals surface area contributed by atoms with Gasteiger partial charge in [0.05, 0.1) is 30.1 Å². The number of likely N-dealkylation sites (N-methyl/N-ethyl adjacent to an activating group) is 1. The third-order valence-corrected chi connectivity index (χ3v) is 3.37. The first-order chi connectivity index (χ1) is 10.1. The maximum absolute atomic E-state index is 12.1. The molecule has 0 bridgehead atoms. The number of nitrogens with one attached hydrogen (secondary N) is 1. The summed E-state index contributed by atoms with van der Waals surface area (Å²) in [5.74, 6) is 0.683. The average Bonchev–Trinajstić information content (AvgIpc) is 2.95. The van der Waals surface area contributed by atoms with Crippen molar-refractivity contribution in [3.8, 4) is 0 Å². The zero-order valence-electron chi connectivity index (χ0n) is 11.8. The number of furan rings is 1. The Morgan fingerprint density at radius 2 is 2.24 bits per heavy atom. The molecule has 2 rings (SSSR count). The largest absolute Gasteiger partial charge is 0.468 e. The zero-order valence-corrected chi connectivity index (χ0v) is 12.6. The van der Waals surface area contributed by atoms with Gasteiger partial charge in [0.15, 0.2) is 0 Å². The third kappa shape index (κ3) is 4.51. The van der Waals surface area contributed by atoms with E-state index in [1.54, 1.807) is 24.5 Å². The smallest absolute Gasteiger partial charge is 0.238 e. The second kappa shape index (κ2) is 7.15. The van der Waals surface area contributed by atoms with E-state index in [1.165, 1.54) is 0 Å². The Kier molecular flexibility index (Phi) is 5.25. The van der Waals surface area contributed by atoms with Gasteiger partial charge in [-0.25, -0.2) is 0 Å². The average molecular weight is 308 g/mol. The fourth-order valence-corrected chi connectivity index (χ4v) is 2.10. The van der Waals surface area contributed by atoms with E-state index in [0.717, 1.165) is 12.3 Å². The highest BCUT2D eigenvalue weighted by atomic mass is 35.5. The summed E-state index contributed by atoms with van der Waals surface area (Å²) < 4.78 is 5.29. The molecule has 0 aliphatic rings. The minimum absolute atomic E-state index is 0.143. The van der Waals surface area contributed by atoms with Gasteiger partial charge in [0.25, 0.3) is 0 Å². The molecular weight excluding hydrogens is 290 g/mol. The number of nitrogens with two attached hydrogens (primary N) is 1. The monoisotopic (exact) mass is 307 g/mol. The van der Waals surface area contributed by atoms with Gasteiger partial charge in [0.2, 0.25) is 5.91 Å². The van der Waals surface area contributed by atoms with Crippen molar-refractivity contribution < 1.29 is 9.21 Å². The van der Waals surface area contributed by atoms with E-state index in [1.807, 2.05) is 24.0 Å². The van der Waals surface area contributed by atoms with E-state index >= 15 is 0 Å². The summed E-state index contributed by atoms with van der Waals surface area (Å²) in [4.78, 5) is 14.1. The van der Waals surface area contributed by atoms with Gasteiger partial charge in [-0.2, -0.15) is 0 Å². The summed E-state index contributed by atoms with van der Waals surface area (Å²) in [6, 6.07) is 8.70. The number of nitrogens with zero attached hydrogens (tertiary/aromatic N) is 1. The number of rotatable bonds is 6. The summed E-state index contributed by atoms with van der Waals surface area (Å²) in [5, 5.41) is 3.24. The van der Waals surface area contributed by atoms with Crippen molar-refractivity contribution in [2.45, 2.75) is 13.5 Å². The van der Waals surface area contributed by atoms with Crippen LogP contribution in [-0.2, 0) is 11.3 Å². The Balaban J connectivity index is 1.95. The number of anilines is 2. The summed E-state index contributed by atoms with van der Waals surface area (Å²) in [6.07, 6.45) is 1.62. The van der Waals surface area contributed by atoms with Crippen LogP contribution in [-0.4, -0.2) is 23.9 Å². The minimum atomic E-state index is -0.143. The lowest BCUT2D eigenvalue weighted by Gasteiger charge is -2.18. The van der Waals surface area contributed by atoms with Crippen molar-refractivity contribution in [1.29, 1.82) is 0 Å². The van der Waals surface area contributed by atoms with Crippen molar-refractivity contribution in [3.63, 3.8) is 0 Å². The molecular formula is C15H18ClN3O2. The molecule has 0 fully saturated rings. The van der Waals surface area contributed by atoms with Crippen molar-refractivity contribution in [2.24, 2.45) is 0 Å². The predicted molar refractivity (Wildman–Crippen MR) is 84.2 cm³/mol. The van der Waals surface area contributed by atoms with Gasteiger partial charge in [-0.05, 0) is 36.9 Å². The number of benzene rings is 1. The van der Waals surface area contributed by atoms with Gasteiger partial charge in [-0.3, -0.25) is 9.69 Å². The number of halogens is 1. The molecule has 3 N–H and O–H groups in total. The van der Waals surface area contributed by atoms with E-state index in [9.17, 15) is 4.79 Å². The minimum Gasteiger partial charge on any atom is -0.468 e. The molecule has 0 radical (unpaired) electrons. The van der Waals surface area contributed by atoms with Crippen LogP contribution >= 0.6 is 11.6 Å². The van der Waals surface area contributed by atoms with E-state index in [-0.39, 0.29) is 12.5 Å². The van der Waals surface area contributed by atoms with Crippen molar-refractivity contribution in [3.05, 3.63) is 47.4 Å². The lowest BCUT2D eigenvalue weighted by Crippen LogP contribution is -2.32. The Hall–Kier alpha value is -1.98. The van der Waals surface area contributed by atoms with Crippen molar-refractivity contribution in [2.75, 3.05) is 24.1 Å². The Morgan fingerprint density at radius 3 is 2.90 bits per heavy atom.